The highest BCUT2D eigenvalue weighted by Crippen LogP contribution is 2.43. The molecule has 0 atom stereocenters. The Morgan fingerprint density at radius 1 is 0.258 bits per heavy atom. The topological polar surface area (TPSA) is 48.5 Å². The summed E-state index contributed by atoms with van der Waals surface area (Å²) in [6, 6.07) is 75.7. The van der Waals surface area contributed by atoms with Crippen molar-refractivity contribution in [2.75, 3.05) is 0 Å². The fourth-order valence-corrected chi connectivity index (χ4v) is 9.79. The second-order valence-corrected chi connectivity index (χ2v) is 16.0. The van der Waals surface area contributed by atoms with Gasteiger partial charge in [0.1, 0.15) is 0 Å². The lowest BCUT2D eigenvalue weighted by molar-refractivity contribution is 0.953. The minimum absolute atomic E-state index is 0.561. The Hall–Kier alpha value is -8.41. The van der Waals surface area contributed by atoms with Gasteiger partial charge in [0.2, 0.25) is 5.95 Å². The highest BCUT2D eigenvalue weighted by molar-refractivity contribution is 6.27. The van der Waals surface area contributed by atoms with Crippen molar-refractivity contribution in [3.05, 3.63) is 212 Å². The third-order valence-electron chi connectivity index (χ3n) is 12.5. The summed E-state index contributed by atoms with van der Waals surface area (Å²) >= 11 is 0. The van der Waals surface area contributed by atoms with Crippen molar-refractivity contribution in [3.8, 4) is 45.5 Å². The van der Waals surface area contributed by atoms with Crippen molar-refractivity contribution in [3.63, 3.8) is 0 Å². The normalized spacial score (nSPS) is 11.9. The van der Waals surface area contributed by atoms with E-state index in [1.807, 2.05) is 24.3 Å². The molecule has 5 heteroatoms. The van der Waals surface area contributed by atoms with Gasteiger partial charge in [-0.05, 0) is 73.8 Å². The van der Waals surface area contributed by atoms with E-state index in [4.69, 9.17) is 15.0 Å². The van der Waals surface area contributed by atoms with E-state index in [1.165, 1.54) is 37.7 Å². The van der Waals surface area contributed by atoms with Gasteiger partial charge >= 0.3 is 0 Å². The van der Waals surface area contributed by atoms with Crippen LogP contribution < -0.4 is 0 Å². The molecule has 0 bridgehead atoms. The van der Waals surface area contributed by atoms with Crippen LogP contribution in [0.3, 0.4) is 0 Å². The van der Waals surface area contributed by atoms with E-state index in [9.17, 15) is 0 Å². The van der Waals surface area contributed by atoms with Gasteiger partial charge < -0.3 is 4.57 Å². The zero-order chi connectivity index (χ0) is 40.7. The molecule has 13 aromatic rings. The Kier molecular flexibility index (Phi) is 7.54. The predicted molar refractivity (Wildman–Crippen MR) is 257 cm³/mol. The summed E-state index contributed by atoms with van der Waals surface area (Å²) in [5.41, 5.74) is 9.47. The minimum atomic E-state index is 0.561. The lowest BCUT2D eigenvalue weighted by Gasteiger charge is -2.15. The molecule has 288 valence electrons. The first-order chi connectivity index (χ1) is 30.8. The average Bonchev–Trinajstić information content (AvgIpc) is 3.88. The van der Waals surface area contributed by atoms with Gasteiger partial charge in [-0.25, -0.2) is 4.98 Å². The van der Waals surface area contributed by atoms with Crippen LogP contribution in [0, 0.1) is 0 Å². The molecular formula is C57H35N5. The van der Waals surface area contributed by atoms with Gasteiger partial charge in [-0.2, -0.15) is 9.97 Å². The monoisotopic (exact) mass is 789 g/mol. The van der Waals surface area contributed by atoms with E-state index in [-0.39, 0.29) is 0 Å². The van der Waals surface area contributed by atoms with E-state index in [0.29, 0.717) is 17.6 Å². The standard InChI is InChI=1S/C57H35N5/c1-3-16-36(17-4-1)38-20-15-21-39(34-38)56-58-55(37-18-5-2-6-19-37)59-57(60-56)62-52-29-14-12-27-47(52)49-33-32-48-46-26-11-13-28-51(46)61(53(48)54(49)62)40-30-31-45-43-24-8-7-22-41(43)42-23-9-10-25-44(42)50(45)35-40/h1-35H. The van der Waals surface area contributed by atoms with Gasteiger partial charge in [0.25, 0.3) is 0 Å². The highest BCUT2D eigenvalue weighted by atomic mass is 15.2. The number of fused-ring (bicyclic) bond motifs is 13. The van der Waals surface area contributed by atoms with E-state index in [0.717, 1.165) is 66.2 Å². The molecule has 0 spiro atoms. The lowest BCUT2D eigenvalue weighted by Crippen LogP contribution is -2.07. The molecule has 0 amide bonds. The third kappa shape index (κ3) is 5.18. The average molecular weight is 790 g/mol. The van der Waals surface area contributed by atoms with Crippen LogP contribution in [0.5, 0.6) is 0 Å². The second kappa shape index (κ2) is 13.6. The predicted octanol–water partition coefficient (Wildman–Crippen LogP) is 14.5. The molecule has 0 saturated heterocycles. The summed E-state index contributed by atoms with van der Waals surface area (Å²) in [5, 5.41) is 12.1. The molecule has 0 fully saturated rings. The van der Waals surface area contributed by atoms with Crippen LogP contribution in [-0.4, -0.2) is 24.1 Å². The van der Waals surface area contributed by atoms with Gasteiger partial charge in [0, 0.05) is 38.4 Å². The number of aromatic nitrogens is 5. The highest BCUT2D eigenvalue weighted by Gasteiger charge is 2.24. The number of benzene rings is 10. The molecule has 0 N–H and O–H groups in total. The third-order valence-corrected chi connectivity index (χ3v) is 12.5. The van der Waals surface area contributed by atoms with Crippen LogP contribution in [0.4, 0.5) is 0 Å². The minimum Gasteiger partial charge on any atom is -0.307 e. The molecule has 0 radical (unpaired) electrons. The van der Waals surface area contributed by atoms with Gasteiger partial charge in [0.05, 0.1) is 22.1 Å². The fraction of sp³-hybridized carbons (Fsp3) is 0. The van der Waals surface area contributed by atoms with Gasteiger partial charge in [-0.3, -0.25) is 4.57 Å². The Morgan fingerprint density at radius 2 is 0.694 bits per heavy atom. The Morgan fingerprint density at radius 3 is 1.32 bits per heavy atom. The van der Waals surface area contributed by atoms with Crippen molar-refractivity contribution in [1.29, 1.82) is 0 Å². The quantitative estimate of drug-likeness (QED) is 0.163. The van der Waals surface area contributed by atoms with Crippen molar-refractivity contribution < 1.29 is 0 Å². The summed E-state index contributed by atoms with van der Waals surface area (Å²) < 4.78 is 4.72. The molecule has 0 aliphatic heterocycles. The van der Waals surface area contributed by atoms with E-state index in [1.54, 1.807) is 0 Å². The van der Waals surface area contributed by atoms with E-state index >= 15 is 0 Å². The van der Waals surface area contributed by atoms with Gasteiger partial charge in [-0.1, -0.05) is 182 Å². The van der Waals surface area contributed by atoms with Crippen molar-refractivity contribution >= 4 is 75.9 Å². The maximum atomic E-state index is 5.41. The summed E-state index contributed by atoms with van der Waals surface area (Å²) in [6.07, 6.45) is 0. The molecule has 0 aliphatic rings. The molecule has 0 aliphatic carbocycles. The van der Waals surface area contributed by atoms with Crippen molar-refractivity contribution in [2.45, 2.75) is 0 Å². The van der Waals surface area contributed by atoms with Crippen LogP contribution in [0.2, 0.25) is 0 Å². The molecule has 10 aromatic carbocycles. The fourth-order valence-electron chi connectivity index (χ4n) is 9.79. The summed E-state index contributed by atoms with van der Waals surface area (Å²) in [4.78, 5) is 15.9. The number of rotatable bonds is 5. The number of nitrogens with zero attached hydrogens (tertiary/aromatic N) is 5. The van der Waals surface area contributed by atoms with Gasteiger partial charge in [-0.15, -0.1) is 0 Å². The number of hydrogen-bond donors (Lipinski definition) is 0. The van der Waals surface area contributed by atoms with Crippen molar-refractivity contribution in [1.82, 2.24) is 24.1 Å². The zero-order valence-electron chi connectivity index (χ0n) is 33.4. The molecule has 13 rings (SSSR count). The molecular weight excluding hydrogens is 755 g/mol. The maximum Gasteiger partial charge on any atom is 0.238 e. The first-order valence-electron chi connectivity index (χ1n) is 21.0. The number of para-hydroxylation sites is 2. The molecule has 62 heavy (non-hydrogen) atoms. The molecule has 3 heterocycles. The molecule has 5 nitrogen and oxygen atoms in total. The largest absolute Gasteiger partial charge is 0.307 e. The summed E-state index contributed by atoms with van der Waals surface area (Å²) in [7, 11) is 0. The van der Waals surface area contributed by atoms with E-state index < -0.39 is 0 Å². The lowest BCUT2D eigenvalue weighted by atomic mass is 9.94. The number of hydrogen-bond acceptors (Lipinski definition) is 3. The zero-order valence-corrected chi connectivity index (χ0v) is 33.4. The van der Waals surface area contributed by atoms with Crippen LogP contribution in [0.25, 0.3) is 121 Å². The first kappa shape index (κ1) is 34.5. The van der Waals surface area contributed by atoms with Crippen LogP contribution in [-0.2, 0) is 0 Å². The molecule has 3 aromatic heterocycles. The van der Waals surface area contributed by atoms with Gasteiger partial charge in [0.15, 0.2) is 11.6 Å². The first-order valence-corrected chi connectivity index (χ1v) is 21.0. The van der Waals surface area contributed by atoms with Crippen LogP contribution in [0.15, 0.2) is 212 Å². The molecule has 0 unspecified atom stereocenters. The van der Waals surface area contributed by atoms with Crippen LogP contribution in [0.1, 0.15) is 0 Å². The maximum absolute atomic E-state index is 5.41. The smallest absolute Gasteiger partial charge is 0.238 e. The Balaban J connectivity index is 1.14. The van der Waals surface area contributed by atoms with E-state index in [2.05, 4.69) is 197 Å². The summed E-state index contributed by atoms with van der Waals surface area (Å²) in [6.45, 7) is 0. The Bertz CT molecular complexity index is 3880. The molecule has 0 saturated carbocycles. The second-order valence-electron chi connectivity index (χ2n) is 16.0. The van der Waals surface area contributed by atoms with Crippen LogP contribution >= 0.6 is 0 Å². The SMILES string of the molecule is c1ccc(-c2cccc(-c3nc(-c4ccccc4)nc(-n4c5ccccc5c5ccc6c7ccccc7n(-c7ccc8c9ccccc9c9ccccc9c8c7)c6c54)n3)c2)cc1. The van der Waals surface area contributed by atoms with Crippen molar-refractivity contribution in [2.24, 2.45) is 0 Å². The Labute approximate surface area is 356 Å². The summed E-state index contributed by atoms with van der Waals surface area (Å²) in [5.74, 6) is 1.78.